The molecule has 0 unspecified atom stereocenters. The van der Waals surface area contributed by atoms with E-state index in [1.165, 1.54) is 12.1 Å². The highest BCUT2D eigenvalue weighted by atomic mass is 16.6. The Balaban J connectivity index is 3.40. The van der Waals surface area contributed by atoms with Crippen molar-refractivity contribution in [1.82, 2.24) is 0 Å². The first kappa shape index (κ1) is 14.7. The Morgan fingerprint density at radius 2 is 1.74 bits per heavy atom. The zero-order chi connectivity index (χ0) is 14.4. The molecule has 0 spiro atoms. The predicted octanol–water partition coefficient (Wildman–Crippen LogP) is 2.18. The van der Waals surface area contributed by atoms with Crippen molar-refractivity contribution >= 4 is 11.7 Å². The molecule has 104 valence electrons. The zero-order valence-electron chi connectivity index (χ0n) is 11.0. The molecule has 1 aromatic rings. The van der Waals surface area contributed by atoms with Gasteiger partial charge in [-0.1, -0.05) is 0 Å². The van der Waals surface area contributed by atoms with Crippen LogP contribution in [0.3, 0.4) is 0 Å². The minimum Gasteiger partial charge on any atom is -0.490 e. The quantitative estimate of drug-likeness (QED) is 0.447. The molecule has 0 aromatic heterocycles. The van der Waals surface area contributed by atoms with Gasteiger partial charge >= 0.3 is 5.97 Å². The van der Waals surface area contributed by atoms with Gasteiger partial charge in [-0.15, -0.1) is 0 Å². The van der Waals surface area contributed by atoms with Crippen molar-refractivity contribution in [2.75, 3.05) is 20.3 Å². The third kappa shape index (κ3) is 3.34. The Kier molecular flexibility index (Phi) is 5.11. The molecule has 0 atom stereocenters. The highest BCUT2D eigenvalue weighted by Crippen LogP contribution is 2.35. The van der Waals surface area contributed by atoms with Crippen LogP contribution < -0.4 is 9.47 Å². The van der Waals surface area contributed by atoms with E-state index in [-0.39, 0.29) is 22.7 Å². The highest BCUT2D eigenvalue weighted by Gasteiger charge is 2.25. The molecule has 1 rings (SSSR count). The molecule has 0 aliphatic carbocycles. The number of carbonyl (C=O) groups is 1. The summed E-state index contributed by atoms with van der Waals surface area (Å²) in [4.78, 5) is 21.8. The van der Waals surface area contributed by atoms with Gasteiger partial charge in [-0.3, -0.25) is 10.1 Å². The van der Waals surface area contributed by atoms with E-state index < -0.39 is 10.9 Å². The van der Waals surface area contributed by atoms with Crippen molar-refractivity contribution in [3.05, 3.63) is 27.8 Å². The first-order valence-electron chi connectivity index (χ1n) is 5.71. The maximum Gasteiger partial charge on any atom is 0.345 e. The lowest BCUT2D eigenvalue weighted by Crippen LogP contribution is -2.08. The van der Waals surface area contributed by atoms with Crippen molar-refractivity contribution in [2.24, 2.45) is 0 Å². The fraction of sp³-hybridized carbons (Fsp3) is 0.417. The second-order valence-corrected chi connectivity index (χ2v) is 3.43. The molecular formula is C12H15NO6. The summed E-state index contributed by atoms with van der Waals surface area (Å²) in [5.41, 5.74) is -0.543. The summed E-state index contributed by atoms with van der Waals surface area (Å²) in [6.07, 6.45) is 0. The van der Waals surface area contributed by atoms with E-state index in [9.17, 15) is 14.9 Å². The second kappa shape index (κ2) is 6.58. The normalized spacial score (nSPS) is 9.84. The molecule has 7 nitrogen and oxygen atoms in total. The lowest BCUT2D eigenvalue weighted by molar-refractivity contribution is -0.385. The number of nitro benzene ring substituents is 1. The molecule has 0 saturated heterocycles. The Morgan fingerprint density at radius 3 is 2.16 bits per heavy atom. The van der Waals surface area contributed by atoms with Crippen molar-refractivity contribution in [1.29, 1.82) is 0 Å². The topological polar surface area (TPSA) is 87.9 Å². The van der Waals surface area contributed by atoms with Gasteiger partial charge in [0.2, 0.25) is 0 Å². The number of methoxy groups -OCH3 is 1. The minimum absolute atomic E-state index is 0.167. The number of carbonyl (C=O) groups excluding carboxylic acids is 1. The Morgan fingerprint density at radius 1 is 1.21 bits per heavy atom. The predicted molar refractivity (Wildman–Crippen MR) is 66.8 cm³/mol. The van der Waals surface area contributed by atoms with Gasteiger partial charge in [-0.05, 0) is 13.8 Å². The van der Waals surface area contributed by atoms with Crippen LogP contribution >= 0.6 is 0 Å². The number of rotatable bonds is 6. The van der Waals surface area contributed by atoms with Crippen molar-refractivity contribution in [3.8, 4) is 11.5 Å². The third-order valence-corrected chi connectivity index (χ3v) is 2.26. The van der Waals surface area contributed by atoms with Crippen LogP contribution in [0.15, 0.2) is 12.1 Å². The summed E-state index contributed by atoms with van der Waals surface area (Å²) in [5.74, 6) is -0.297. The number of nitrogens with zero attached hydrogens (tertiary/aromatic N) is 1. The molecule has 19 heavy (non-hydrogen) atoms. The molecule has 0 aliphatic rings. The van der Waals surface area contributed by atoms with E-state index in [0.717, 1.165) is 7.11 Å². The van der Waals surface area contributed by atoms with Gasteiger partial charge in [0.1, 0.15) is 5.56 Å². The maximum absolute atomic E-state index is 11.5. The van der Waals surface area contributed by atoms with Crippen molar-refractivity contribution < 1.29 is 23.9 Å². The van der Waals surface area contributed by atoms with Crippen molar-refractivity contribution in [3.63, 3.8) is 0 Å². The molecule has 0 fully saturated rings. The fourth-order valence-corrected chi connectivity index (χ4v) is 1.51. The molecular weight excluding hydrogens is 254 g/mol. The SMILES string of the molecule is CCOc1cc(C(=O)OC)c([N+](=O)[O-])cc1OCC. The molecule has 0 heterocycles. The Hall–Kier alpha value is -2.31. The number of hydrogen-bond acceptors (Lipinski definition) is 6. The molecule has 0 aliphatic heterocycles. The summed E-state index contributed by atoms with van der Waals surface area (Å²) in [6.45, 7) is 4.18. The number of benzene rings is 1. The van der Waals surface area contributed by atoms with Gasteiger partial charge in [0.25, 0.3) is 5.69 Å². The highest BCUT2D eigenvalue weighted by molar-refractivity contribution is 5.94. The molecule has 0 amide bonds. The van der Waals surface area contributed by atoms with Crippen molar-refractivity contribution in [2.45, 2.75) is 13.8 Å². The lowest BCUT2D eigenvalue weighted by atomic mass is 10.1. The van der Waals surface area contributed by atoms with Gasteiger partial charge in [0.05, 0.1) is 31.3 Å². The van der Waals surface area contributed by atoms with Gasteiger partial charge in [0, 0.05) is 6.07 Å². The molecule has 0 radical (unpaired) electrons. The van der Waals surface area contributed by atoms with Crippen LogP contribution in [0.25, 0.3) is 0 Å². The van der Waals surface area contributed by atoms with Gasteiger partial charge in [-0.2, -0.15) is 0 Å². The fourth-order valence-electron chi connectivity index (χ4n) is 1.51. The summed E-state index contributed by atoms with van der Waals surface area (Å²) in [5, 5.41) is 11.0. The van der Waals surface area contributed by atoms with Crippen LogP contribution in [0.4, 0.5) is 5.69 Å². The summed E-state index contributed by atoms with van der Waals surface area (Å²) < 4.78 is 15.1. The van der Waals surface area contributed by atoms with Crippen LogP contribution in [-0.2, 0) is 4.74 Å². The number of nitro groups is 1. The number of ether oxygens (including phenoxy) is 3. The van der Waals surface area contributed by atoms with E-state index in [4.69, 9.17) is 9.47 Å². The minimum atomic E-state index is -0.796. The van der Waals surface area contributed by atoms with E-state index in [2.05, 4.69) is 4.74 Å². The van der Waals surface area contributed by atoms with E-state index in [1.807, 2.05) is 0 Å². The first-order valence-corrected chi connectivity index (χ1v) is 5.71. The molecule has 1 aromatic carbocycles. The first-order chi connectivity index (χ1) is 9.04. The number of esters is 1. The van der Waals surface area contributed by atoms with Gasteiger partial charge in [-0.25, -0.2) is 4.79 Å². The van der Waals surface area contributed by atoms with Crippen LogP contribution in [0.5, 0.6) is 11.5 Å². The lowest BCUT2D eigenvalue weighted by Gasteiger charge is -2.12. The second-order valence-electron chi connectivity index (χ2n) is 3.43. The summed E-state index contributed by atoms with van der Waals surface area (Å²) in [6, 6.07) is 2.43. The molecule has 0 N–H and O–H groups in total. The van der Waals surface area contributed by atoms with E-state index in [0.29, 0.717) is 13.2 Å². The van der Waals surface area contributed by atoms with Crippen LogP contribution in [0.2, 0.25) is 0 Å². The average Bonchev–Trinajstić information content (AvgIpc) is 2.39. The van der Waals surface area contributed by atoms with Gasteiger partial charge in [0.15, 0.2) is 11.5 Å². The summed E-state index contributed by atoms with van der Waals surface area (Å²) >= 11 is 0. The average molecular weight is 269 g/mol. The van der Waals surface area contributed by atoms with Crippen LogP contribution in [-0.4, -0.2) is 31.2 Å². The summed E-state index contributed by atoms with van der Waals surface area (Å²) in [7, 11) is 1.16. The van der Waals surface area contributed by atoms with Gasteiger partial charge < -0.3 is 14.2 Å². The Bertz CT molecular complexity index is 485. The van der Waals surface area contributed by atoms with Crippen LogP contribution in [0, 0.1) is 10.1 Å². The van der Waals surface area contributed by atoms with E-state index >= 15 is 0 Å². The zero-order valence-corrected chi connectivity index (χ0v) is 11.0. The third-order valence-electron chi connectivity index (χ3n) is 2.26. The monoisotopic (exact) mass is 269 g/mol. The number of hydrogen-bond donors (Lipinski definition) is 0. The maximum atomic E-state index is 11.5. The van der Waals surface area contributed by atoms with Crippen LogP contribution in [0.1, 0.15) is 24.2 Å². The Labute approximate surface area is 110 Å². The standard InChI is InChI=1S/C12H15NO6/c1-4-18-10-6-8(12(14)17-3)9(13(15)16)7-11(10)19-5-2/h6-7H,4-5H2,1-3H3. The largest absolute Gasteiger partial charge is 0.490 e. The smallest absolute Gasteiger partial charge is 0.345 e. The molecule has 0 bridgehead atoms. The van der Waals surface area contributed by atoms with E-state index in [1.54, 1.807) is 13.8 Å². The molecule has 7 heteroatoms. The molecule has 0 saturated carbocycles.